The van der Waals surface area contributed by atoms with Gasteiger partial charge in [0, 0.05) is 10.1 Å². The predicted molar refractivity (Wildman–Crippen MR) is 77.7 cm³/mol. The van der Waals surface area contributed by atoms with Crippen molar-refractivity contribution in [2.75, 3.05) is 0 Å². The first-order valence-electron chi connectivity index (χ1n) is 7.58. The molecule has 0 N–H and O–H groups in total. The summed E-state index contributed by atoms with van der Waals surface area (Å²) in [6.45, 7) is 0. The molecule has 4 bridgehead atoms. The standard InChI is InChI=1S/C17H22S/c1-2-4-16(5-3-1)18-17-11-14-7-12-6-13(8-14)10-15(17)9-12/h1-5,12-15,17H,6-11H2/t12-,13+,14?,15?,17?. The molecule has 4 aliphatic carbocycles. The first-order chi connectivity index (χ1) is 8.87. The maximum Gasteiger partial charge on any atom is 0.0125 e. The summed E-state index contributed by atoms with van der Waals surface area (Å²) in [4.78, 5) is 1.49. The Hall–Kier alpha value is -0.430. The molecular formula is C17H22S. The van der Waals surface area contributed by atoms with Gasteiger partial charge in [0.1, 0.15) is 0 Å². The molecule has 0 saturated heterocycles. The SMILES string of the molecule is c1ccc(SC2CC3C[C@@H]4CC2C[C@H](C3)C4)cc1. The lowest BCUT2D eigenvalue weighted by Gasteiger charge is -2.38. The van der Waals surface area contributed by atoms with E-state index in [2.05, 4.69) is 42.1 Å². The van der Waals surface area contributed by atoms with Gasteiger partial charge in [0.25, 0.3) is 0 Å². The Morgan fingerprint density at radius 3 is 2.00 bits per heavy atom. The first-order valence-corrected chi connectivity index (χ1v) is 8.46. The van der Waals surface area contributed by atoms with E-state index in [1.807, 2.05) is 0 Å². The molecule has 0 aliphatic heterocycles. The van der Waals surface area contributed by atoms with Crippen LogP contribution in [0.2, 0.25) is 0 Å². The molecule has 3 unspecified atom stereocenters. The van der Waals surface area contributed by atoms with Crippen molar-refractivity contribution in [1.29, 1.82) is 0 Å². The minimum atomic E-state index is 0.910. The number of fused-ring (bicyclic) bond motifs is 1. The highest BCUT2D eigenvalue weighted by Gasteiger charge is 2.43. The molecule has 4 saturated carbocycles. The van der Waals surface area contributed by atoms with Crippen LogP contribution >= 0.6 is 11.8 Å². The molecular weight excluding hydrogens is 236 g/mol. The van der Waals surface area contributed by atoms with E-state index in [0.717, 1.165) is 28.9 Å². The van der Waals surface area contributed by atoms with Crippen LogP contribution in [0.5, 0.6) is 0 Å². The van der Waals surface area contributed by atoms with Gasteiger partial charge in [-0.2, -0.15) is 0 Å². The van der Waals surface area contributed by atoms with Crippen LogP contribution in [0.1, 0.15) is 38.5 Å². The molecule has 96 valence electrons. The predicted octanol–water partition coefficient (Wildman–Crippen LogP) is 4.99. The average Bonchev–Trinajstić information content (AvgIpc) is 2.55. The zero-order valence-electron chi connectivity index (χ0n) is 10.9. The van der Waals surface area contributed by atoms with Crippen LogP contribution in [0.15, 0.2) is 35.2 Å². The second-order valence-electron chi connectivity index (χ2n) is 6.74. The molecule has 18 heavy (non-hydrogen) atoms. The van der Waals surface area contributed by atoms with Crippen LogP contribution in [0.25, 0.3) is 0 Å². The fourth-order valence-electron chi connectivity index (χ4n) is 4.88. The summed E-state index contributed by atoms with van der Waals surface area (Å²) in [6.07, 6.45) is 9.25. The van der Waals surface area contributed by atoms with Gasteiger partial charge in [-0.25, -0.2) is 0 Å². The second-order valence-corrected chi connectivity index (χ2v) is 8.05. The average molecular weight is 258 g/mol. The fourth-order valence-corrected chi connectivity index (χ4v) is 6.32. The number of hydrogen-bond donors (Lipinski definition) is 0. The second kappa shape index (κ2) is 4.59. The van der Waals surface area contributed by atoms with Gasteiger partial charge < -0.3 is 0 Å². The number of thioether (sulfide) groups is 1. The van der Waals surface area contributed by atoms with Crippen LogP contribution in [0.3, 0.4) is 0 Å². The minimum Gasteiger partial charge on any atom is -0.122 e. The van der Waals surface area contributed by atoms with Crippen molar-refractivity contribution >= 4 is 11.8 Å². The molecule has 5 rings (SSSR count). The summed E-state index contributed by atoms with van der Waals surface area (Å²) in [5.41, 5.74) is 0. The Morgan fingerprint density at radius 1 is 0.722 bits per heavy atom. The normalized spacial score (nSPS) is 41.9. The lowest BCUT2D eigenvalue weighted by Crippen LogP contribution is -2.28. The number of benzene rings is 1. The van der Waals surface area contributed by atoms with E-state index in [-0.39, 0.29) is 0 Å². The maximum atomic E-state index is 2.29. The van der Waals surface area contributed by atoms with Gasteiger partial charge in [0.2, 0.25) is 0 Å². The van der Waals surface area contributed by atoms with Gasteiger partial charge in [-0.1, -0.05) is 18.2 Å². The summed E-state index contributed by atoms with van der Waals surface area (Å²) in [5.74, 6) is 4.26. The van der Waals surface area contributed by atoms with Crippen LogP contribution in [0.4, 0.5) is 0 Å². The lowest BCUT2D eigenvalue weighted by atomic mass is 9.68. The molecule has 1 aromatic rings. The summed E-state index contributed by atoms with van der Waals surface area (Å²) in [6, 6.07) is 11.1. The minimum absolute atomic E-state index is 0.910. The van der Waals surface area contributed by atoms with Crippen LogP contribution < -0.4 is 0 Å². The largest absolute Gasteiger partial charge is 0.122 e. The van der Waals surface area contributed by atoms with E-state index in [1.54, 1.807) is 19.3 Å². The molecule has 4 aliphatic rings. The molecule has 1 heteroatoms. The topological polar surface area (TPSA) is 0 Å². The Morgan fingerprint density at radius 2 is 1.33 bits per heavy atom. The van der Waals surface area contributed by atoms with Crippen molar-refractivity contribution < 1.29 is 0 Å². The third-order valence-electron chi connectivity index (χ3n) is 5.39. The van der Waals surface area contributed by atoms with E-state index in [0.29, 0.717) is 0 Å². The Bertz CT molecular complexity index is 399. The van der Waals surface area contributed by atoms with E-state index in [1.165, 1.54) is 24.2 Å². The third kappa shape index (κ3) is 2.11. The summed E-state index contributed by atoms with van der Waals surface area (Å²) in [5, 5.41) is 0.910. The van der Waals surface area contributed by atoms with Crippen molar-refractivity contribution in [1.82, 2.24) is 0 Å². The molecule has 4 fully saturated rings. The van der Waals surface area contributed by atoms with Crippen molar-refractivity contribution in [2.45, 2.75) is 48.7 Å². The smallest absolute Gasteiger partial charge is 0.0125 e. The Balaban J connectivity index is 1.55. The van der Waals surface area contributed by atoms with Crippen molar-refractivity contribution in [3.63, 3.8) is 0 Å². The molecule has 0 aromatic heterocycles. The molecule has 0 spiro atoms. The zero-order chi connectivity index (χ0) is 11.9. The van der Waals surface area contributed by atoms with Crippen molar-refractivity contribution in [2.24, 2.45) is 23.7 Å². The summed E-state index contributed by atoms with van der Waals surface area (Å²) < 4.78 is 0. The fraction of sp³-hybridized carbons (Fsp3) is 0.647. The highest BCUT2D eigenvalue weighted by atomic mass is 32.2. The van der Waals surface area contributed by atoms with Gasteiger partial charge in [0.15, 0.2) is 0 Å². The monoisotopic (exact) mass is 258 g/mol. The third-order valence-corrected chi connectivity index (χ3v) is 6.82. The van der Waals surface area contributed by atoms with Gasteiger partial charge in [0.05, 0.1) is 0 Å². The van der Waals surface area contributed by atoms with Crippen LogP contribution in [-0.4, -0.2) is 5.25 Å². The highest BCUT2D eigenvalue weighted by Crippen LogP contribution is 2.54. The zero-order valence-corrected chi connectivity index (χ0v) is 11.7. The summed E-state index contributed by atoms with van der Waals surface area (Å²) in [7, 11) is 0. The van der Waals surface area contributed by atoms with Gasteiger partial charge in [-0.15, -0.1) is 11.8 Å². The first kappa shape index (κ1) is 11.4. The van der Waals surface area contributed by atoms with E-state index >= 15 is 0 Å². The van der Waals surface area contributed by atoms with Gasteiger partial charge in [-0.3, -0.25) is 0 Å². The molecule has 0 amide bonds. The quantitative estimate of drug-likeness (QED) is 0.720. The van der Waals surface area contributed by atoms with E-state index in [9.17, 15) is 0 Å². The molecule has 0 nitrogen and oxygen atoms in total. The number of hydrogen-bond acceptors (Lipinski definition) is 1. The summed E-state index contributed by atoms with van der Waals surface area (Å²) >= 11 is 2.18. The molecule has 0 heterocycles. The van der Waals surface area contributed by atoms with E-state index < -0.39 is 0 Å². The van der Waals surface area contributed by atoms with Crippen LogP contribution in [-0.2, 0) is 0 Å². The molecule has 5 atom stereocenters. The van der Waals surface area contributed by atoms with E-state index in [4.69, 9.17) is 0 Å². The van der Waals surface area contributed by atoms with Crippen LogP contribution in [0, 0.1) is 23.7 Å². The van der Waals surface area contributed by atoms with Gasteiger partial charge >= 0.3 is 0 Å². The Labute approximate surface area is 115 Å². The maximum absolute atomic E-state index is 2.29. The highest BCUT2D eigenvalue weighted by molar-refractivity contribution is 8.00. The van der Waals surface area contributed by atoms with Crippen molar-refractivity contribution in [3.05, 3.63) is 30.3 Å². The lowest BCUT2D eigenvalue weighted by molar-refractivity contribution is 0.134. The van der Waals surface area contributed by atoms with Gasteiger partial charge in [-0.05, 0) is 74.3 Å². The Kier molecular flexibility index (Phi) is 2.91. The van der Waals surface area contributed by atoms with Crippen molar-refractivity contribution in [3.8, 4) is 0 Å². The number of rotatable bonds is 2. The molecule has 0 radical (unpaired) electrons. The molecule has 1 aromatic carbocycles.